The van der Waals surface area contributed by atoms with E-state index in [9.17, 15) is 14.7 Å². The van der Waals surface area contributed by atoms with Crippen molar-refractivity contribution in [3.63, 3.8) is 0 Å². The molecule has 43 heavy (non-hydrogen) atoms. The molecule has 11 heteroatoms. The summed E-state index contributed by atoms with van der Waals surface area (Å²) in [4.78, 5) is 28.1. The van der Waals surface area contributed by atoms with Gasteiger partial charge >= 0.3 is 5.91 Å². The Hall–Kier alpha value is -4.74. The highest BCUT2D eigenvalue weighted by Gasteiger charge is 2.49. The summed E-state index contributed by atoms with van der Waals surface area (Å²) in [7, 11) is 0. The molecule has 0 bridgehead atoms. The van der Waals surface area contributed by atoms with E-state index in [1.807, 2.05) is 24.3 Å². The highest BCUT2D eigenvalue weighted by atomic mass is 32.2. The molecule has 1 amide bonds. The molecule has 1 aromatic heterocycles. The number of hydrogen-bond acceptors (Lipinski definition) is 9. The molecule has 0 spiro atoms. The number of nitrogens with zero attached hydrogens (tertiary/aromatic N) is 3. The number of ketones is 1. The van der Waals surface area contributed by atoms with Crippen LogP contribution in [0, 0.1) is 5.82 Å². The van der Waals surface area contributed by atoms with Gasteiger partial charge in [-0.25, -0.2) is 4.39 Å². The second-order valence-electron chi connectivity index (χ2n) is 9.83. The molecule has 214 valence electrons. The topological polar surface area (TPSA) is 102 Å². The predicted molar refractivity (Wildman–Crippen MR) is 162 cm³/mol. The lowest BCUT2D eigenvalue weighted by Crippen LogP contribution is -2.29. The number of aliphatic hydroxyl groups excluding tert-OH is 1. The normalized spacial score (nSPS) is 17.5. The average molecular weight is 612 g/mol. The summed E-state index contributed by atoms with van der Waals surface area (Å²) in [5.41, 5.74) is 1.13. The van der Waals surface area contributed by atoms with Gasteiger partial charge in [0.1, 0.15) is 30.8 Å². The number of halogens is 1. The van der Waals surface area contributed by atoms with Crippen LogP contribution in [0.5, 0.6) is 11.5 Å². The number of ether oxygens (including phenoxy) is 2. The Labute approximate surface area is 253 Å². The third-order valence-electron chi connectivity index (χ3n) is 7.29. The van der Waals surface area contributed by atoms with E-state index in [2.05, 4.69) is 28.4 Å². The first-order chi connectivity index (χ1) is 21.0. The smallest absolute Gasteiger partial charge is 0.301 e. The van der Waals surface area contributed by atoms with Crippen molar-refractivity contribution in [2.45, 2.75) is 16.1 Å². The Morgan fingerprint density at radius 3 is 2.58 bits per heavy atom. The van der Waals surface area contributed by atoms with Gasteiger partial charge in [-0.3, -0.25) is 14.5 Å². The second-order valence-corrected chi connectivity index (χ2v) is 12.0. The van der Waals surface area contributed by atoms with E-state index >= 15 is 4.39 Å². The zero-order valence-electron chi connectivity index (χ0n) is 22.4. The fourth-order valence-corrected chi connectivity index (χ4v) is 7.15. The summed E-state index contributed by atoms with van der Waals surface area (Å²) in [5, 5.41) is 22.3. The van der Waals surface area contributed by atoms with Crippen molar-refractivity contribution in [2.24, 2.45) is 0 Å². The van der Waals surface area contributed by atoms with Gasteiger partial charge < -0.3 is 14.6 Å². The number of benzene rings is 4. The lowest BCUT2D eigenvalue weighted by Gasteiger charge is -2.23. The predicted octanol–water partition coefficient (Wildman–Crippen LogP) is 6.52. The first-order valence-corrected chi connectivity index (χ1v) is 15.2. The van der Waals surface area contributed by atoms with Crippen LogP contribution in [-0.4, -0.2) is 40.2 Å². The van der Waals surface area contributed by atoms with Crippen LogP contribution in [0.4, 0.5) is 9.52 Å². The molecule has 1 unspecified atom stereocenters. The maximum Gasteiger partial charge on any atom is 0.301 e. The zero-order chi connectivity index (χ0) is 29.5. The van der Waals surface area contributed by atoms with E-state index in [-0.39, 0.29) is 21.8 Å². The highest BCUT2D eigenvalue weighted by Crippen LogP contribution is 2.45. The Kier molecular flexibility index (Phi) is 7.04. The maximum absolute atomic E-state index is 15.3. The van der Waals surface area contributed by atoms with Gasteiger partial charge in [0, 0.05) is 16.9 Å². The molecule has 2 aliphatic rings. The van der Waals surface area contributed by atoms with Gasteiger partial charge in [0.05, 0.1) is 5.57 Å². The molecule has 0 radical (unpaired) electrons. The van der Waals surface area contributed by atoms with Crippen LogP contribution in [0.15, 0.2) is 94.8 Å². The lowest BCUT2D eigenvalue weighted by molar-refractivity contribution is -0.132. The fourth-order valence-electron chi connectivity index (χ4n) is 5.28. The molecule has 5 aromatic rings. The van der Waals surface area contributed by atoms with Crippen molar-refractivity contribution in [1.82, 2.24) is 10.2 Å². The summed E-state index contributed by atoms with van der Waals surface area (Å²) < 4.78 is 27.0. The molecule has 4 aromatic carbocycles. The van der Waals surface area contributed by atoms with Crippen LogP contribution in [-0.2, 0) is 15.3 Å². The molecule has 0 aliphatic carbocycles. The van der Waals surface area contributed by atoms with Crippen LogP contribution in [0.25, 0.3) is 16.5 Å². The van der Waals surface area contributed by atoms with Gasteiger partial charge in [0.25, 0.3) is 5.78 Å². The highest BCUT2D eigenvalue weighted by molar-refractivity contribution is 8.00. The van der Waals surface area contributed by atoms with Crippen molar-refractivity contribution >= 4 is 56.5 Å². The Morgan fingerprint density at radius 1 is 0.953 bits per heavy atom. The molecule has 1 fully saturated rings. The molecule has 2 aliphatic heterocycles. The van der Waals surface area contributed by atoms with Crippen molar-refractivity contribution in [1.29, 1.82) is 0 Å². The quantitative estimate of drug-likeness (QED) is 0.0762. The number of carbonyl (C=O) groups excluding carboxylic acids is 2. The number of aromatic nitrogens is 2. The van der Waals surface area contributed by atoms with E-state index < -0.39 is 29.3 Å². The lowest BCUT2D eigenvalue weighted by atomic mass is 9.95. The molecule has 1 N–H and O–H groups in total. The molecule has 0 saturated carbocycles. The minimum Gasteiger partial charge on any atom is -0.507 e. The summed E-state index contributed by atoms with van der Waals surface area (Å²) in [6, 6.07) is 23.5. The maximum atomic E-state index is 15.3. The van der Waals surface area contributed by atoms with Crippen LogP contribution in [0.2, 0.25) is 0 Å². The van der Waals surface area contributed by atoms with E-state index in [0.29, 0.717) is 34.8 Å². The number of anilines is 1. The minimum atomic E-state index is -1.27. The summed E-state index contributed by atoms with van der Waals surface area (Å²) in [6.45, 7) is 0.718. The first kappa shape index (κ1) is 27.1. The number of fused-ring (bicyclic) bond motifs is 2. The van der Waals surface area contributed by atoms with Gasteiger partial charge in [0.2, 0.25) is 5.13 Å². The van der Waals surface area contributed by atoms with Crippen LogP contribution in [0.1, 0.15) is 22.7 Å². The van der Waals surface area contributed by atoms with Gasteiger partial charge in [0.15, 0.2) is 15.8 Å². The van der Waals surface area contributed by atoms with Crippen molar-refractivity contribution in [3.8, 4) is 11.5 Å². The van der Waals surface area contributed by atoms with Gasteiger partial charge in [-0.1, -0.05) is 83.8 Å². The van der Waals surface area contributed by atoms with Crippen LogP contribution >= 0.6 is 23.1 Å². The molecule has 3 heterocycles. The van der Waals surface area contributed by atoms with Crippen LogP contribution < -0.4 is 14.4 Å². The Bertz CT molecular complexity index is 1940. The molecule has 1 atom stereocenters. The SMILES string of the molecule is O=C1C(=O)N(c2nnc(SCc3cccc4ccccc34)s2)C(c2ccccc2F)/C1=C(\O)c1ccc2c(c1)OCCO2. The monoisotopic (exact) mass is 611 g/mol. The minimum absolute atomic E-state index is 0.0425. The molecular weight excluding hydrogens is 590 g/mol. The fraction of sp³-hybridized carbons (Fsp3) is 0.125. The molecule has 1 saturated heterocycles. The summed E-state index contributed by atoms with van der Waals surface area (Å²) in [5.74, 6) is -1.49. The summed E-state index contributed by atoms with van der Waals surface area (Å²) in [6.07, 6.45) is 0. The van der Waals surface area contributed by atoms with E-state index in [4.69, 9.17) is 9.47 Å². The van der Waals surface area contributed by atoms with Gasteiger partial charge in [-0.15, -0.1) is 10.2 Å². The van der Waals surface area contributed by atoms with E-state index in [0.717, 1.165) is 32.6 Å². The van der Waals surface area contributed by atoms with Crippen molar-refractivity contribution in [2.75, 3.05) is 18.1 Å². The number of thioether (sulfide) groups is 1. The largest absolute Gasteiger partial charge is 0.507 e. The molecule has 8 nitrogen and oxygen atoms in total. The molecular formula is C32H22FN3O5S2. The van der Waals surface area contributed by atoms with Crippen molar-refractivity contribution < 1.29 is 28.6 Å². The number of carbonyl (C=O) groups is 2. The van der Waals surface area contributed by atoms with E-state index in [1.54, 1.807) is 18.2 Å². The second kappa shape index (κ2) is 11.2. The van der Waals surface area contributed by atoms with Gasteiger partial charge in [-0.05, 0) is 40.6 Å². The standard InChI is InChI=1S/C32H22FN3O5S2/c33-23-11-4-3-10-22(23)27-26(28(37)19-12-13-24-25(16-19)41-15-14-40-24)29(38)30(39)36(27)31-34-35-32(43-31)42-17-20-8-5-7-18-6-1-2-9-21(18)20/h1-13,16,27,37H,14-15,17H2/b28-26+. The van der Waals surface area contributed by atoms with Gasteiger partial charge in [-0.2, -0.15) is 0 Å². The zero-order valence-corrected chi connectivity index (χ0v) is 24.0. The van der Waals surface area contributed by atoms with Crippen LogP contribution in [0.3, 0.4) is 0 Å². The molecule has 7 rings (SSSR count). The van der Waals surface area contributed by atoms with Crippen molar-refractivity contribution in [3.05, 3.63) is 113 Å². The Balaban J connectivity index is 1.26. The number of Topliss-reactive ketones (excluding diaryl/α,β-unsaturated/α-hetero) is 1. The number of hydrogen-bond donors (Lipinski definition) is 1. The first-order valence-electron chi connectivity index (χ1n) is 13.4. The third kappa shape index (κ3) is 4.90. The number of rotatable bonds is 6. The summed E-state index contributed by atoms with van der Waals surface area (Å²) >= 11 is 2.57. The Morgan fingerprint density at radius 2 is 1.72 bits per heavy atom. The average Bonchev–Trinajstić information content (AvgIpc) is 3.61. The van der Waals surface area contributed by atoms with E-state index in [1.165, 1.54) is 36.0 Å². The third-order valence-corrected chi connectivity index (χ3v) is 9.40. The number of aliphatic hydroxyl groups is 1. The number of amides is 1.